The number of nitrogens with zero attached hydrogens (tertiary/aromatic N) is 3. The van der Waals surface area contributed by atoms with Crippen LogP contribution in [0.15, 0.2) is 30.5 Å². The number of anilines is 2. The first-order valence-corrected chi connectivity index (χ1v) is 6.20. The topological polar surface area (TPSA) is 64.2 Å². The third-order valence-corrected chi connectivity index (χ3v) is 2.97. The highest BCUT2D eigenvalue weighted by molar-refractivity contribution is 6.07. The number of nitrogen functional groups attached to an aromatic ring is 1. The van der Waals surface area contributed by atoms with E-state index in [-0.39, 0.29) is 5.91 Å². The highest BCUT2D eigenvalue weighted by Crippen LogP contribution is 2.19. The summed E-state index contributed by atoms with van der Waals surface area (Å²) in [6.45, 7) is 4.51. The summed E-state index contributed by atoms with van der Waals surface area (Å²) in [7, 11) is 1.75. The largest absolute Gasteiger partial charge is 0.396 e. The number of aryl methyl sites for hydroxylation is 2. The molecule has 0 spiro atoms. The van der Waals surface area contributed by atoms with Crippen molar-refractivity contribution in [3.63, 3.8) is 0 Å². The maximum atomic E-state index is 12.5. The van der Waals surface area contributed by atoms with Crippen molar-refractivity contribution in [2.45, 2.75) is 13.8 Å². The fourth-order valence-corrected chi connectivity index (χ4v) is 1.97. The van der Waals surface area contributed by atoms with Crippen molar-refractivity contribution in [2.75, 3.05) is 17.2 Å². The lowest BCUT2D eigenvalue weighted by atomic mass is 10.2. The number of carbonyl (C=O) groups is 1. The van der Waals surface area contributed by atoms with E-state index in [9.17, 15) is 4.79 Å². The number of rotatable bonds is 3. The van der Waals surface area contributed by atoms with Crippen molar-refractivity contribution >= 4 is 17.3 Å². The molecule has 0 atom stereocenters. The molecule has 5 heteroatoms. The maximum Gasteiger partial charge on any atom is 0.280 e. The number of benzene rings is 1. The minimum absolute atomic E-state index is 0.176. The Balaban J connectivity index is 2.34. The molecule has 2 aromatic rings. The molecule has 0 aliphatic rings. The van der Waals surface area contributed by atoms with Gasteiger partial charge in [-0.25, -0.2) is 0 Å². The molecule has 5 nitrogen and oxygen atoms in total. The summed E-state index contributed by atoms with van der Waals surface area (Å²) >= 11 is 0. The second-order valence-electron chi connectivity index (χ2n) is 4.49. The molecular weight excluding hydrogens is 240 g/mol. The normalized spacial score (nSPS) is 10.5. The van der Waals surface area contributed by atoms with Crippen LogP contribution in [0.25, 0.3) is 0 Å². The van der Waals surface area contributed by atoms with Crippen molar-refractivity contribution in [1.82, 2.24) is 9.78 Å². The quantitative estimate of drug-likeness (QED) is 0.915. The van der Waals surface area contributed by atoms with Crippen LogP contribution in [0, 0.1) is 6.92 Å². The number of hydrogen-bond acceptors (Lipinski definition) is 3. The summed E-state index contributed by atoms with van der Waals surface area (Å²) in [6.07, 6.45) is 1.64. The maximum absolute atomic E-state index is 12.5. The summed E-state index contributed by atoms with van der Waals surface area (Å²) < 4.78 is 1.55. The Hall–Kier alpha value is -2.30. The van der Waals surface area contributed by atoms with Gasteiger partial charge in [0.2, 0.25) is 0 Å². The molecule has 0 saturated carbocycles. The Labute approximate surface area is 112 Å². The molecule has 0 unspecified atom stereocenters. The summed E-state index contributed by atoms with van der Waals surface area (Å²) in [4.78, 5) is 14.1. The van der Waals surface area contributed by atoms with Gasteiger partial charge in [-0.15, -0.1) is 0 Å². The zero-order valence-corrected chi connectivity index (χ0v) is 11.4. The minimum atomic E-state index is -0.176. The standard InChI is InChI=1S/C14H18N4O/c1-4-18(11-7-5-10(2)6-8-11)14(19)13-12(15)9-17(3)16-13/h5-9H,4,15H2,1-3H3. The molecule has 0 aliphatic carbocycles. The molecule has 1 heterocycles. The van der Waals surface area contributed by atoms with Gasteiger partial charge < -0.3 is 10.6 Å². The Morgan fingerprint density at radius 1 is 1.37 bits per heavy atom. The van der Waals surface area contributed by atoms with Gasteiger partial charge in [-0.05, 0) is 26.0 Å². The highest BCUT2D eigenvalue weighted by Gasteiger charge is 2.21. The van der Waals surface area contributed by atoms with Crippen LogP contribution < -0.4 is 10.6 Å². The van der Waals surface area contributed by atoms with Gasteiger partial charge in [-0.1, -0.05) is 17.7 Å². The lowest BCUT2D eigenvalue weighted by Gasteiger charge is -2.20. The first-order valence-electron chi connectivity index (χ1n) is 6.20. The van der Waals surface area contributed by atoms with E-state index in [0.717, 1.165) is 11.3 Å². The van der Waals surface area contributed by atoms with Crippen LogP contribution in [-0.4, -0.2) is 22.2 Å². The molecule has 19 heavy (non-hydrogen) atoms. The molecule has 2 N–H and O–H groups in total. The number of amides is 1. The van der Waals surface area contributed by atoms with Crippen molar-refractivity contribution in [3.8, 4) is 0 Å². The van der Waals surface area contributed by atoms with E-state index in [2.05, 4.69) is 5.10 Å². The van der Waals surface area contributed by atoms with Crippen molar-refractivity contribution < 1.29 is 4.79 Å². The monoisotopic (exact) mass is 258 g/mol. The van der Waals surface area contributed by atoms with Gasteiger partial charge in [0, 0.05) is 25.5 Å². The smallest absolute Gasteiger partial charge is 0.280 e. The van der Waals surface area contributed by atoms with Crippen LogP contribution >= 0.6 is 0 Å². The van der Waals surface area contributed by atoms with E-state index >= 15 is 0 Å². The Kier molecular flexibility index (Phi) is 3.55. The van der Waals surface area contributed by atoms with E-state index in [4.69, 9.17) is 5.73 Å². The molecule has 0 saturated heterocycles. The van der Waals surface area contributed by atoms with E-state index in [1.807, 2.05) is 38.1 Å². The average Bonchev–Trinajstić information content (AvgIpc) is 2.71. The first-order chi connectivity index (χ1) is 9.02. The van der Waals surface area contributed by atoms with E-state index in [1.54, 1.807) is 22.8 Å². The number of hydrogen-bond donors (Lipinski definition) is 1. The van der Waals surface area contributed by atoms with Crippen LogP contribution in [0.2, 0.25) is 0 Å². The van der Waals surface area contributed by atoms with Gasteiger partial charge in [-0.2, -0.15) is 5.10 Å². The fourth-order valence-electron chi connectivity index (χ4n) is 1.97. The molecule has 0 aliphatic heterocycles. The molecule has 0 bridgehead atoms. The number of aromatic nitrogens is 2. The molecule has 1 aromatic heterocycles. The number of carbonyl (C=O) groups excluding carboxylic acids is 1. The summed E-state index contributed by atoms with van der Waals surface area (Å²) in [5.41, 5.74) is 8.51. The third kappa shape index (κ3) is 2.59. The average molecular weight is 258 g/mol. The number of nitrogens with two attached hydrogens (primary N) is 1. The van der Waals surface area contributed by atoms with Gasteiger partial charge in [0.1, 0.15) is 0 Å². The predicted molar refractivity (Wildman–Crippen MR) is 76.1 cm³/mol. The molecule has 0 fully saturated rings. The second-order valence-corrected chi connectivity index (χ2v) is 4.49. The van der Waals surface area contributed by atoms with Crippen LogP contribution in [0.4, 0.5) is 11.4 Å². The molecule has 100 valence electrons. The fraction of sp³-hybridized carbons (Fsp3) is 0.286. The van der Waals surface area contributed by atoms with Crippen LogP contribution in [0.1, 0.15) is 23.0 Å². The van der Waals surface area contributed by atoms with Crippen LogP contribution in [-0.2, 0) is 7.05 Å². The predicted octanol–water partition coefficient (Wildman–Crippen LogP) is 1.98. The Bertz CT molecular complexity index is 586. The van der Waals surface area contributed by atoms with Gasteiger partial charge in [-0.3, -0.25) is 9.48 Å². The lowest BCUT2D eigenvalue weighted by Crippen LogP contribution is -2.31. The third-order valence-electron chi connectivity index (χ3n) is 2.97. The molecular formula is C14H18N4O. The zero-order chi connectivity index (χ0) is 14.0. The van der Waals surface area contributed by atoms with Gasteiger partial charge in [0.15, 0.2) is 5.69 Å². The highest BCUT2D eigenvalue weighted by atomic mass is 16.2. The van der Waals surface area contributed by atoms with Crippen molar-refractivity contribution in [3.05, 3.63) is 41.7 Å². The van der Waals surface area contributed by atoms with Gasteiger partial charge >= 0.3 is 0 Å². The Morgan fingerprint density at radius 2 is 2.00 bits per heavy atom. The van der Waals surface area contributed by atoms with Gasteiger partial charge in [0.05, 0.1) is 5.69 Å². The van der Waals surface area contributed by atoms with Crippen LogP contribution in [0.5, 0.6) is 0 Å². The molecule has 0 radical (unpaired) electrons. The first kappa shape index (κ1) is 13.1. The molecule has 1 aromatic carbocycles. The summed E-state index contributed by atoms with van der Waals surface area (Å²) in [5, 5.41) is 4.12. The van der Waals surface area contributed by atoms with Crippen molar-refractivity contribution in [2.24, 2.45) is 7.05 Å². The minimum Gasteiger partial charge on any atom is -0.396 e. The molecule has 2 rings (SSSR count). The van der Waals surface area contributed by atoms with Crippen LogP contribution in [0.3, 0.4) is 0 Å². The van der Waals surface area contributed by atoms with Crippen molar-refractivity contribution in [1.29, 1.82) is 0 Å². The van der Waals surface area contributed by atoms with E-state index < -0.39 is 0 Å². The van der Waals surface area contributed by atoms with E-state index in [1.165, 1.54) is 0 Å². The summed E-state index contributed by atoms with van der Waals surface area (Å²) in [6, 6.07) is 7.81. The lowest BCUT2D eigenvalue weighted by molar-refractivity contribution is 0.0983. The molecule has 1 amide bonds. The Morgan fingerprint density at radius 3 is 2.47 bits per heavy atom. The van der Waals surface area contributed by atoms with Gasteiger partial charge in [0.25, 0.3) is 5.91 Å². The van der Waals surface area contributed by atoms with E-state index in [0.29, 0.717) is 17.9 Å². The summed E-state index contributed by atoms with van der Waals surface area (Å²) in [5.74, 6) is -0.176. The second kappa shape index (κ2) is 5.14. The SMILES string of the molecule is CCN(C(=O)c1nn(C)cc1N)c1ccc(C)cc1. The zero-order valence-electron chi connectivity index (χ0n) is 11.4.